The zero-order valence-corrected chi connectivity index (χ0v) is 21.9. The minimum absolute atomic E-state index is 0. The summed E-state index contributed by atoms with van der Waals surface area (Å²) < 4.78 is 27.4. The molecule has 1 saturated heterocycles. The van der Waals surface area contributed by atoms with E-state index in [0.717, 1.165) is 49.2 Å². The van der Waals surface area contributed by atoms with E-state index in [9.17, 15) is 8.42 Å². The number of rotatable bonds is 7. The summed E-state index contributed by atoms with van der Waals surface area (Å²) in [4.78, 5) is 17.4. The number of hydrogen-bond donors (Lipinski definition) is 2. The molecule has 1 aliphatic rings. The van der Waals surface area contributed by atoms with Crippen LogP contribution in [0.1, 0.15) is 25.0 Å². The summed E-state index contributed by atoms with van der Waals surface area (Å²) in [6.07, 6.45) is 3.51. The second-order valence-corrected chi connectivity index (χ2v) is 9.48. The van der Waals surface area contributed by atoms with E-state index < -0.39 is 10.0 Å². The number of nitrogens with one attached hydrogen (secondary N) is 2. The van der Waals surface area contributed by atoms with Gasteiger partial charge >= 0.3 is 0 Å². The number of aromatic nitrogens is 2. The van der Waals surface area contributed by atoms with Crippen molar-refractivity contribution < 1.29 is 8.42 Å². The third-order valence-electron chi connectivity index (χ3n) is 4.94. The number of halogens is 1. The molecule has 1 aromatic heterocycles. The normalized spacial score (nSPS) is 14.9. The molecule has 0 aliphatic carbocycles. The molecule has 32 heavy (non-hydrogen) atoms. The van der Waals surface area contributed by atoms with Crippen LogP contribution in [0.15, 0.2) is 47.7 Å². The van der Waals surface area contributed by atoms with Gasteiger partial charge in [0.05, 0.1) is 5.75 Å². The molecule has 11 heteroatoms. The van der Waals surface area contributed by atoms with Crippen LogP contribution < -0.4 is 14.9 Å². The molecule has 2 aromatic rings. The van der Waals surface area contributed by atoms with Gasteiger partial charge in [0, 0.05) is 58.2 Å². The lowest BCUT2D eigenvalue weighted by molar-refractivity contribution is 0.370. The lowest BCUT2D eigenvalue weighted by atomic mass is 10.1. The molecule has 0 unspecified atom stereocenters. The number of anilines is 1. The first-order valence-corrected chi connectivity index (χ1v) is 12.1. The van der Waals surface area contributed by atoms with Crippen LogP contribution in [0, 0.1) is 0 Å². The van der Waals surface area contributed by atoms with Gasteiger partial charge in [-0.3, -0.25) is 4.99 Å². The maximum atomic E-state index is 12.4. The van der Waals surface area contributed by atoms with Gasteiger partial charge < -0.3 is 15.1 Å². The molecule has 0 saturated carbocycles. The third kappa shape index (κ3) is 7.55. The van der Waals surface area contributed by atoms with E-state index >= 15 is 0 Å². The molecule has 3 rings (SSSR count). The number of hydrogen-bond acceptors (Lipinski definition) is 6. The minimum Gasteiger partial charge on any atom is -0.352 e. The first-order valence-electron chi connectivity index (χ1n) is 10.4. The van der Waals surface area contributed by atoms with Crippen LogP contribution in [-0.4, -0.2) is 68.5 Å². The SMILES string of the molecule is CN=C(NCc1ccccc1CS(=O)(=O)NC(C)C)N1CCN(c2ncccn2)CC1.I. The highest BCUT2D eigenvalue weighted by Gasteiger charge is 2.21. The molecule has 0 amide bonds. The molecule has 176 valence electrons. The molecule has 2 N–H and O–H groups in total. The van der Waals surface area contributed by atoms with E-state index in [2.05, 4.69) is 34.8 Å². The Labute approximate surface area is 207 Å². The summed E-state index contributed by atoms with van der Waals surface area (Å²) in [7, 11) is -1.63. The van der Waals surface area contributed by atoms with Crippen molar-refractivity contribution in [2.45, 2.75) is 32.2 Å². The molecule has 2 heterocycles. The Morgan fingerprint density at radius 3 is 2.28 bits per heavy atom. The zero-order valence-electron chi connectivity index (χ0n) is 18.7. The van der Waals surface area contributed by atoms with Crippen molar-refractivity contribution in [1.82, 2.24) is 24.9 Å². The van der Waals surface area contributed by atoms with Crippen LogP contribution in [0.5, 0.6) is 0 Å². The van der Waals surface area contributed by atoms with Crippen LogP contribution in [0.4, 0.5) is 5.95 Å². The molecular formula is C21H32IN7O2S. The Bertz CT molecular complexity index is 979. The Morgan fingerprint density at radius 1 is 1.06 bits per heavy atom. The van der Waals surface area contributed by atoms with Gasteiger partial charge in [0.15, 0.2) is 5.96 Å². The number of guanidine groups is 1. The first kappa shape index (κ1) is 26.3. The van der Waals surface area contributed by atoms with Crippen molar-refractivity contribution in [2.75, 3.05) is 38.1 Å². The first-order chi connectivity index (χ1) is 14.9. The van der Waals surface area contributed by atoms with Crippen molar-refractivity contribution in [1.29, 1.82) is 0 Å². The van der Waals surface area contributed by atoms with Crippen LogP contribution in [-0.2, 0) is 22.3 Å². The molecule has 0 atom stereocenters. The van der Waals surface area contributed by atoms with Crippen LogP contribution in [0.3, 0.4) is 0 Å². The Morgan fingerprint density at radius 2 is 1.69 bits per heavy atom. The van der Waals surface area contributed by atoms with Gasteiger partial charge in [-0.05, 0) is 31.0 Å². The molecule has 1 aromatic carbocycles. The van der Waals surface area contributed by atoms with Crippen molar-refractivity contribution in [3.63, 3.8) is 0 Å². The highest BCUT2D eigenvalue weighted by atomic mass is 127. The molecule has 1 aliphatic heterocycles. The smallest absolute Gasteiger partial charge is 0.225 e. The maximum Gasteiger partial charge on any atom is 0.225 e. The number of sulfonamides is 1. The lowest BCUT2D eigenvalue weighted by Gasteiger charge is -2.36. The van der Waals surface area contributed by atoms with E-state index in [0.29, 0.717) is 6.54 Å². The molecule has 9 nitrogen and oxygen atoms in total. The molecule has 0 spiro atoms. The highest BCUT2D eigenvalue weighted by molar-refractivity contribution is 14.0. The fourth-order valence-corrected chi connectivity index (χ4v) is 5.05. The van der Waals surface area contributed by atoms with Gasteiger partial charge in [-0.2, -0.15) is 0 Å². The molecule has 0 radical (unpaired) electrons. The van der Waals surface area contributed by atoms with Gasteiger partial charge in [-0.25, -0.2) is 23.1 Å². The number of benzene rings is 1. The summed E-state index contributed by atoms with van der Waals surface area (Å²) in [5.74, 6) is 1.50. The van der Waals surface area contributed by atoms with Crippen molar-refractivity contribution in [3.05, 3.63) is 53.9 Å². The van der Waals surface area contributed by atoms with Gasteiger partial charge in [-0.1, -0.05) is 24.3 Å². The third-order valence-corrected chi connectivity index (χ3v) is 6.46. The average Bonchev–Trinajstić information content (AvgIpc) is 2.75. The molecule has 1 fully saturated rings. The monoisotopic (exact) mass is 573 g/mol. The summed E-state index contributed by atoms with van der Waals surface area (Å²) in [6.45, 7) is 7.35. The van der Waals surface area contributed by atoms with Crippen molar-refractivity contribution in [2.24, 2.45) is 4.99 Å². The van der Waals surface area contributed by atoms with E-state index in [4.69, 9.17) is 0 Å². The largest absolute Gasteiger partial charge is 0.352 e. The second-order valence-electron chi connectivity index (χ2n) is 7.72. The predicted octanol–water partition coefficient (Wildman–Crippen LogP) is 1.82. The number of aliphatic imine (C=N–C) groups is 1. The van der Waals surface area contributed by atoms with Gasteiger partial charge in [0.1, 0.15) is 0 Å². The van der Waals surface area contributed by atoms with Crippen LogP contribution >= 0.6 is 24.0 Å². The summed E-state index contributed by atoms with van der Waals surface area (Å²) in [5.41, 5.74) is 1.72. The fourth-order valence-electron chi connectivity index (χ4n) is 3.56. The van der Waals surface area contributed by atoms with E-state index in [-0.39, 0.29) is 35.8 Å². The Hall–Kier alpha value is -1.99. The molecule has 0 bridgehead atoms. The topological polar surface area (TPSA) is 103 Å². The lowest BCUT2D eigenvalue weighted by Crippen LogP contribution is -2.52. The second kappa shape index (κ2) is 12.3. The summed E-state index contributed by atoms with van der Waals surface area (Å²) in [6, 6.07) is 9.28. The number of piperazine rings is 1. The van der Waals surface area contributed by atoms with Gasteiger partial charge in [0.25, 0.3) is 0 Å². The minimum atomic E-state index is -3.39. The van der Waals surface area contributed by atoms with E-state index in [1.54, 1.807) is 19.4 Å². The summed E-state index contributed by atoms with van der Waals surface area (Å²) in [5, 5.41) is 3.39. The van der Waals surface area contributed by atoms with Crippen LogP contribution in [0.25, 0.3) is 0 Å². The van der Waals surface area contributed by atoms with Crippen molar-refractivity contribution in [3.8, 4) is 0 Å². The number of nitrogens with zero attached hydrogens (tertiary/aromatic N) is 5. The summed E-state index contributed by atoms with van der Waals surface area (Å²) >= 11 is 0. The quantitative estimate of drug-likeness (QED) is 0.296. The van der Waals surface area contributed by atoms with E-state index in [1.165, 1.54) is 0 Å². The predicted molar refractivity (Wildman–Crippen MR) is 139 cm³/mol. The van der Waals surface area contributed by atoms with Gasteiger partial charge in [0.2, 0.25) is 16.0 Å². The highest BCUT2D eigenvalue weighted by Crippen LogP contribution is 2.14. The Balaban J connectivity index is 0.00000363. The maximum absolute atomic E-state index is 12.4. The van der Waals surface area contributed by atoms with Gasteiger partial charge in [-0.15, -0.1) is 24.0 Å². The average molecular weight is 574 g/mol. The van der Waals surface area contributed by atoms with Crippen LogP contribution in [0.2, 0.25) is 0 Å². The molecular weight excluding hydrogens is 541 g/mol. The van der Waals surface area contributed by atoms with Crippen molar-refractivity contribution >= 4 is 45.9 Å². The fraction of sp³-hybridized carbons (Fsp3) is 0.476. The van der Waals surface area contributed by atoms with E-state index in [1.807, 2.05) is 44.2 Å². The standard InChI is InChI=1S/C21H31N7O2S.HI/c1-17(2)26-31(29,30)16-19-8-5-4-7-18(19)15-25-20(22-3)27-11-13-28(14-12-27)21-23-9-6-10-24-21;/h4-10,17,26H,11-16H2,1-3H3,(H,22,25);1H. The Kier molecular flexibility index (Phi) is 10.1. The zero-order chi connectivity index (χ0) is 22.3.